The van der Waals surface area contributed by atoms with E-state index >= 15 is 0 Å². The molecule has 0 spiro atoms. The number of hydrogen-bond donors (Lipinski definition) is 2. The highest BCUT2D eigenvalue weighted by Gasteiger charge is 2.09. The first kappa shape index (κ1) is 18.5. The molecule has 2 rings (SSSR count). The average molecular weight is 341 g/mol. The first-order valence-electron chi connectivity index (χ1n) is 8.65. The van der Waals surface area contributed by atoms with Gasteiger partial charge in [-0.05, 0) is 68.1 Å². The van der Waals surface area contributed by atoms with Crippen LogP contribution in [0.5, 0.6) is 0 Å². The van der Waals surface area contributed by atoms with Crippen molar-refractivity contribution in [1.82, 2.24) is 5.32 Å². The van der Waals surface area contributed by atoms with E-state index in [0.29, 0.717) is 11.0 Å². The monoisotopic (exact) mass is 340 g/mol. The Morgan fingerprint density at radius 2 is 1.62 bits per heavy atom. The van der Waals surface area contributed by atoms with Crippen molar-refractivity contribution in [3.05, 3.63) is 64.7 Å². The lowest BCUT2D eigenvalue weighted by molar-refractivity contribution is 0.713. The second-order valence-electron chi connectivity index (χ2n) is 6.61. The van der Waals surface area contributed by atoms with Crippen molar-refractivity contribution < 1.29 is 0 Å². The quantitative estimate of drug-likeness (QED) is 0.666. The highest BCUT2D eigenvalue weighted by molar-refractivity contribution is 7.80. The van der Waals surface area contributed by atoms with Crippen molar-refractivity contribution in [2.45, 2.75) is 53.0 Å². The van der Waals surface area contributed by atoms with Crippen LogP contribution in [0, 0.1) is 13.8 Å². The Hall–Kier alpha value is -1.87. The van der Waals surface area contributed by atoms with Crippen LogP contribution >= 0.6 is 12.2 Å². The van der Waals surface area contributed by atoms with Gasteiger partial charge in [0.15, 0.2) is 5.11 Å². The molecule has 2 aromatic rings. The maximum atomic E-state index is 5.47. The number of aryl methyl sites for hydroxylation is 2. The predicted octanol–water partition coefficient (Wildman–Crippen LogP) is 5.86. The summed E-state index contributed by atoms with van der Waals surface area (Å²) in [6.07, 6.45) is 1.16. The zero-order chi connectivity index (χ0) is 17.7. The van der Waals surface area contributed by atoms with Gasteiger partial charge in [0.05, 0.1) is 6.04 Å². The summed E-state index contributed by atoms with van der Waals surface area (Å²) in [7, 11) is 0. The normalized spacial score (nSPS) is 13.2. The molecule has 2 N–H and O–H groups in total. The summed E-state index contributed by atoms with van der Waals surface area (Å²) in [6.45, 7) is 10.8. The lowest BCUT2D eigenvalue weighted by atomic mass is 9.96. The molecule has 2 atom stereocenters. The van der Waals surface area contributed by atoms with E-state index in [1.54, 1.807) is 0 Å². The van der Waals surface area contributed by atoms with Gasteiger partial charge in [-0.15, -0.1) is 0 Å². The van der Waals surface area contributed by atoms with Crippen molar-refractivity contribution in [3.8, 4) is 0 Å². The standard InChI is InChI=1S/C21H28N2S/c1-6-15(3)18-8-10-19(11-9-18)17(5)22-21(24)23-20-12-7-14(2)13-16(20)4/h7-13,15,17H,6H2,1-5H3,(H2,22,23,24). The smallest absolute Gasteiger partial charge is 0.171 e. The molecule has 0 aliphatic heterocycles. The number of thiocarbonyl (C=S) groups is 1. The van der Waals surface area contributed by atoms with Gasteiger partial charge < -0.3 is 10.6 Å². The second kappa shape index (κ2) is 8.29. The van der Waals surface area contributed by atoms with Crippen LogP contribution in [0.2, 0.25) is 0 Å². The van der Waals surface area contributed by atoms with Crippen molar-refractivity contribution >= 4 is 23.0 Å². The molecule has 0 fully saturated rings. The summed E-state index contributed by atoms with van der Waals surface area (Å²) in [6, 6.07) is 15.3. The minimum Gasteiger partial charge on any atom is -0.356 e. The van der Waals surface area contributed by atoms with E-state index in [4.69, 9.17) is 12.2 Å². The predicted molar refractivity (Wildman–Crippen MR) is 109 cm³/mol. The summed E-state index contributed by atoms with van der Waals surface area (Å²) in [5.41, 5.74) is 6.14. The van der Waals surface area contributed by atoms with Gasteiger partial charge >= 0.3 is 0 Å². The summed E-state index contributed by atoms with van der Waals surface area (Å²) in [5, 5.41) is 7.32. The van der Waals surface area contributed by atoms with Crippen LogP contribution in [0.25, 0.3) is 0 Å². The lowest BCUT2D eigenvalue weighted by Crippen LogP contribution is -2.31. The van der Waals surface area contributed by atoms with Gasteiger partial charge in [-0.2, -0.15) is 0 Å². The van der Waals surface area contributed by atoms with Crippen molar-refractivity contribution in [1.29, 1.82) is 0 Å². The third-order valence-corrected chi connectivity index (χ3v) is 4.82. The van der Waals surface area contributed by atoms with Gasteiger partial charge in [0.2, 0.25) is 0 Å². The van der Waals surface area contributed by atoms with E-state index in [9.17, 15) is 0 Å². The van der Waals surface area contributed by atoms with Crippen LogP contribution < -0.4 is 10.6 Å². The Bertz CT molecular complexity index is 691. The molecule has 2 aromatic carbocycles. The number of nitrogens with one attached hydrogen (secondary N) is 2. The molecule has 0 amide bonds. The maximum Gasteiger partial charge on any atom is 0.171 e. The third kappa shape index (κ3) is 4.81. The van der Waals surface area contributed by atoms with Gasteiger partial charge in [0.25, 0.3) is 0 Å². The molecule has 2 unspecified atom stereocenters. The fraction of sp³-hybridized carbons (Fsp3) is 0.381. The fourth-order valence-electron chi connectivity index (χ4n) is 2.74. The molecule has 3 heteroatoms. The molecule has 128 valence electrons. The summed E-state index contributed by atoms with van der Waals surface area (Å²) in [5.74, 6) is 0.606. The zero-order valence-electron chi connectivity index (χ0n) is 15.3. The van der Waals surface area contributed by atoms with Crippen molar-refractivity contribution in [2.75, 3.05) is 5.32 Å². The highest BCUT2D eigenvalue weighted by atomic mass is 32.1. The summed E-state index contributed by atoms with van der Waals surface area (Å²) >= 11 is 5.47. The molecule has 0 aliphatic carbocycles. The number of anilines is 1. The molecule has 0 aliphatic rings. The van der Waals surface area contributed by atoms with Crippen LogP contribution in [-0.2, 0) is 0 Å². The van der Waals surface area contributed by atoms with Gasteiger partial charge in [-0.1, -0.05) is 55.8 Å². The molecule has 0 radical (unpaired) electrons. The number of benzene rings is 2. The van der Waals surface area contributed by atoms with Gasteiger partial charge in [-0.3, -0.25) is 0 Å². The van der Waals surface area contributed by atoms with Crippen LogP contribution in [0.4, 0.5) is 5.69 Å². The topological polar surface area (TPSA) is 24.1 Å². The van der Waals surface area contributed by atoms with E-state index in [0.717, 1.165) is 12.1 Å². The van der Waals surface area contributed by atoms with E-state index in [1.165, 1.54) is 22.3 Å². The Morgan fingerprint density at radius 3 is 2.21 bits per heavy atom. The SMILES string of the molecule is CCC(C)c1ccc(C(C)NC(=S)Nc2ccc(C)cc2C)cc1. The minimum absolute atomic E-state index is 0.168. The molecular formula is C21H28N2S. The Balaban J connectivity index is 1.98. The van der Waals surface area contributed by atoms with Gasteiger partial charge in [0, 0.05) is 5.69 Å². The molecular weight excluding hydrogens is 312 g/mol. The van der Waals surface area contributed by atoms with E-state index in [2.05, 4.69) is 87.7 Å². The minimum atomic E-state index is 0.168. The molecule has 0 saturated carbocycles. The van der Waals surface area contributed by atoms with E-state index < -0.39 is 0 Å². The van der Waals surface area contributed by atoms with E-state index in [1.807, 2.05) is 0 Å². The van der Waals surface area contributed by atoms with Gasteiger partial charge in [0.1, 0.15) is 0 Å². The summed E-state index contributed by atoms with van der Waals surface area (Å²) < 4.78 is 0. The molecule has 2 nitrogen and oxygen atoms in total. The fourth-order valence-corrected chi connectivity index (χ4v) is 3.03. The number of hydrogen-bond acceptors (Lipinski definition) is 1. The Morgan fingerprint density at radius 1 is 1.00 bits per heavy atom. The molecule has 0 heterocycles. The maximum absolute atomic E-state index is 5.47. The lowest BCUT2D eigenvalue weighted by Gasteiger charge is -2.19. The third-order valence-electron chi connectivity index (χ3n) is 4.60. The molecule has 0 bridgehead atoms. The van der Waals surface area contributed by atoms with Crippen LogP contribution in [0.15, 0.2) is 42.5 Å². The van der Waals surface area contributed by atoms with Gasteiger partial charge in [-0.25, -0.2) is 0 Å². The van der Waals surface area contributed by atoms with Crippen molar-refractivity contribution in [3.63, 3.8) is 0 Å². The van der Waals surface area contributed by atoms with Crippen molar-refractivity contribution in [2.24, 2.45) is 0 Å². The van der Waals surface area contributed by atoms with Crippen LogP contribution in [0.1, 0.15) is 61.4 Å². The molecule has 0 saturated heterocycles. The van der Waals surface area contributed by atoms with Crippen LogP contribution in [-0.4, -0.2) is 5.11 Å². The first-order valence-corrected chi connectivity index (χ1v) is 9.06. The zero-order valence-corrected chi connectivity index (χ0v) is 16.1. The summed E-state index contributed by atoms with van der Waals surface area (Å²) in [4.78, 5) is 0. The molecule has 0 aromatic heterocycles. The first-order chi connectivity index (χ1) is 11.4. The average Bonchev–Trinajstić information content (AvgIpc) is 2.56. The largest absolute Gasteiger partial charge is 0.356 e. The number of rotatable bonds is 5. The second-order valence-corrected chi connectivity index (χ2v) is 7.02. The highest BCUT2D eigenvalue weighted by Crippen LogP contribution is 2.21. The van der Waals surface area contributed by atoms with E-state index in [-0.39, 0.29) is 6.04 Å². The molecule has 24 heavy (non-hydrogen) atoms. The Kier molecular flexibility index (Phi) is 6.38. The van der Waals surface area contributed by atoms with Crippen LogP contribution in [0.3, 0.4) is 0 Å². The Labute approximate surface area is 151 Å².